The van der Waals surface area contributed by atoms with E-state index >= 15 is 0 Å². The molecule has 0 bridgehead atoms. The molecule has 23 heavy (non-hydrogen) atoms. The van der Waals surface area contributed by atoms with E-state index in [1.54, 1.807) is 30.3 Å². The van der Waals surface area contributed by atoms with Gasteiger partial charge in [0.25, 0.3) is 0 Å². The Morgan fingerprint density at radius 2 is 1.78 bits per heavy atom. The highest BCUT2D eigenvalue weighted by molar-refractivity contribution is 6.31. The first-order valence-corrected chi connectivity index (χ1v) is 6.93. The highest BCUT2D eigenvalue weighted by atomic mass is 35.5. The summed E-state index contributed by atoms with van der Waals surface area (Å²) in [5.74, 6) is -0.446. The summed E-state index contributed by atoms with van der Waals surface area (Å²) in [5.41, 5.74) is 0.559. The number of aromatic nitrogens is 3. The summed E-state index contributed by atoms with van der Waals surface area (Å²) < 4.78 is 46.6. The van der Waals surface area contributed by atoms with Gasteiger partial charge in [0, 0.05) is 5.02 Å². The van der Waals surface area contributed by atoms with Crippen LogP contribution in [0.15, 0.2) is 42.5 Å². The Kier molecular flexibility index (Phi) is 2.89. The monoisotopic (exact) mass is 337 g/mol. The molecule has 0 saturated carbocycles. The number of para-hydroxylation sites is 2. The molecular formula is C15H7ClF3N3O. The Bertz CT molecular complexity index is 921. The van der Waals surface area contributed by atoms with E-state index in [-0.39, 0.29) is 17.3 Å². The van der Waals surface area contributed by atoms with Crippen LogP contribution in [0.3, 0.4) is 0 Å². The van der Waals surface area contributed by atoms with E-state index in [1.165, 1.54) is 12.1 Å². The second kappa shape index (κ2) is 4.73. The van der Waals surface area contributed by atoms with Gasteiger partial charge >= 0.3 is 6.18 Å². The van der Waals surface area contributed by atoms with Crippen LogP contribution in [0, 0.1) is 0 Å². The molecule has 4 nitrogen and oxygen atoms in total. The quantitative estimate of drug-likeness (QED) is 0.466. The van der Waals surface area contributed by atoms with Crippen molar-refractivity contribution in [2.24, 2.45) is 0 Å². The molecule has 0 N–H and O–H groups in total. The van der Waals surface area contributed by atoms with E-state index < -0.39 is 12.0 Å². The lowest BCUT2D eigenvalue weighted by molar-refractivity contribution is -0.146. The summed E-state index contributed by atoms with van der Waals surface area (Å²) in [6.45, 7) is 0. The molecule has 0 fully saturated rings. The molecule has 0 radical (unpaired) electrons. The Morgan fingerprint density at radius 3 is 2.57 bits per heavy atom. The van der Waals surface area contributed by atoms with Gasteiger partial charge in [-0.15, -0.1) is 10.2 Å². The molecule has 0 spiro atoms. The fraction of sp³-hybridized carbons (Fsp3) is 0.0667. The molecule has 8 heteroatoms. The van der Waals surface area contributed by atoms with Crippen molar-refractivity contribution in [3.8, 4) is 28.6 Å². The van der Waals surface area contributed by atoms with E-state index in [0.717, 1.165) is 4.57 Å². The minimum Gasteiger partial charge on any atom is -0.454 e. The van der Waals surface area contributed by atoms with Gasteiger partial charge in [-0.1, -0.05) is 23.7 Å². The molecule has 0 saturated heterocycles. The maximum Gasteiger partial charge on any atom is 0.452 e. The average molecular weight is 338 g/mol. The molecule has 3 aromatic rings. The van der Waals surface area contributed by atoms with Crippen LogP contribution in [0.2, 0.25) is 5.02 Å². The molecular weight excluding hydrogens is 331 g/mol. The normalized spacial score (nSPS) is 12.7. The van der Waals surface area contributed by atoms with Gasteiger partial charge in [0.1, 0.15) is 5.75 Å². The summed E-state index contributed by atoms with van der Waals surface area (Å²) in [5, 5.41) is 7.41. The number of benzene rings is 2. The number of rotatable bonds is 0. The largest absolute Gasteiger partial charge is 0.454 e. The lowest BCUT2D eigenvalue weighted by atomic mass is 10.2. The van der Waals surface area contributed by atoms with E-state index in [4.69, 9.17) is 16.3 Å². The van der Waals surface area contributed by atoms with E-state index in [2.05, 4.69) is 10.2 Å². The fourth-order valence-electron chi connectivity index (χ4n) is 2.48. The maximum absolute atomic E-state index is 13.3. The molecule has 0 aliphatic carbocycles. The average Bonchev–Trinajstić information content (AvgIpc) is 2.89. The first kappa shape index (κ1) is 14.1. The Morgan fingerprint density at radius 1 is 1.00 bits per heavy atom. The Labute approximate surface area is 133 Å². The van der Waals surface area contributed by atoms with Gasteiger partial charge < -0.3 is 4.74 Å². The van der Waals surface area contributed by atoms with Crippen molar-refractivity contribution in [1.82, 2.24) is 14.8 Å². The Balaban J connectivity index is 2.12. The summed E-state index contributed by atoms with van der Waals surface area (Å²) in [4.78, 5) is 0. The van der Waals surface area contributed by atoms with E-state index in [1.807, 2.05) is 0 Å². The van der Waals surface area contributed by atoms with Crippen LogP contribution >= 0.6 is 11.6 Å². The third kappa shape index (κ3) is 2.16. The van der Waals surface area contributed by atoms with Crippen LogP contribution in [0.4, 0.5) is 13.2 Å². The van der Waals surface area contributed by atoms with Crippen molar-refractivity contribution < 1.29 is 17.9 Å². The third-order valence-corrected chi connectivity index (χ3v) is 3.66. The van der Waals surface area contributed by atoms with Crippen LogP contribution in [0.1, 0.15) is 5.82 Å². The van der Waals surface area contributed by atoms with Crippen molar-refractivity contribution in [1.29, 1.82) is 0 Å². The highest BCUT2D eigenvalue weighted by Crippen LogP contribution is 2.44. The van der Waals surface area contributed by atoms with Crippen LogP contribution in [0.5, 0.6) is 11.5 Å². The topological polar surface area (TPSA) is 39.9 Å². The molecule has 116 valence electrons. The summed E-state index contributed by atoms with van der Waals surface area (Å²) in [7, 11) is 0. The zero-order valence-electron chi connectivity index (χ0n) is 11.3. The molecule has 1 aliphatic heterocycles. The van der Waals surface area contributed by atoms with Gasteiger partial charge in [0.2, 0.25) is 5.82 Å². The molecule has 2 heterocycles. The van der Waals surface area contributed by atoms with Gasteiger partial charge in [-0.2, -0.15) is 13.2 Å². The van der Waals surface area contributed by atoms with Crippen LogP contribution in [-0.2, 0) is 6.18 Å². The standard InChI is InChI=1S/C15H7ClF3N3O/c16-8-5-6-11-9(7-8)13-20-21-14(15(17,18)19)22(13)10-3-1-2-4-12(10)23-11/h1-7H. The minimum absolute atomic E-state index is 0.0276. The zero-order valence-corrected chi connectivity index (χ0v) is 12.1. The first-order chi connectivity index (χ1) is 10.9. The van der Waals surface area contributed by atoms with Gasteiger partial charge in [-0.3, -0.25) is 4.57 Å². The third-order valence-electron chi connectivity index (χ3n) is 3.43. The van der Waals surface area contributed by atoms with E-state index in [9.17, 15) is 13.2 Å². The van der Waals surface area contributed by atoms with Crippen molar-refractivity contribution in [3.63, 3.8) is 0 Å². The van der Waals surface area contributed by atoms with Crippen molar-refractivity contribution in [2.45, 2.75) is 6.18 Å². The lowest BCUT2D eigenvalue weighted by Crippen LogP contribution is -2.14. The van der Waals surface area contributed by atoms with Gasteiger partial charge in [0.15, 0.2) is 11.6 Å². The summed E-state index contributed by atoms with van der Waals surface area (Å²) in [6, 6.07) is 11.1. The van der Waals surface area contributed by atoms with Crippen molar-refractivity contribution >= 4 is 11.6 Å². The second-order valence-corrected chi connectivity index (χ2v) is 5.33. The predicted octanol–water partition coefficient (Wildman–Crippen LogP) is 4.71. The molecule has 0 amide bonds. The molecule has 0 unspecified atom stereocenters. The zero-order chi connectivity index (χ0) is 16.2. The number of halogens is 4. The SMILES string of the molecule is FC(F)(F)c1nnc2n1-c1ccccc1Oc1ccc(Cl)cc1-2. The number of alkyl halides is 3. The van der Waals surface area contributed by atoms with Crippen molar-refractivity contribution in [3.05, 3.63) is 53.3 Å². The Hall–Kier alpha value is -2.54. The first-order valence-electron chi connectivity index (χ1n) is 6.55. The molecule has 2 aromatic carbocycles. The fourth-order valence-corrected chi connectivity index (χ4v) is 2.66. The molecule has 4 rings (SSSR count). The van der Waals surface area contributed by atoms with E-state index in [0.29, 0.717) is 16.3 Å². The predicted molar refractivity (Wildman–Crippen MR) is 76.9 cm³/mol. The van der Waals surface area contributed by atoms with Gasteiger partial charge in [0.05, 0.1) is 11.3 Å². The number of ether oxygens (including phenoxy) is 1. The summed E-state index contributed by atoms with van der Waals surface area (Å²) >= 11 is 5.97. The number of hydrogen-bond donors (Lipinski definition) is 0. The minimum atomic E-state index is -4.65. The van der Waals surface area contributed by atoms with Gasteiger partial charge in [-0.05, 0) is 30.3 Å². The lowest BCUT2D eigenvalue weighted by Gasteiger charge is -2.12. The number of nitrogens with zero attached hydrogens (tertiary/aromatic N) is 3. The summed E-state index contributed by atoms with van der Waals surface area (Å²) in [6.07, 6.45) is -4.65. The smallest absolute Gasteiger partial charge is 0.452 e. The van der Waals surface area contributed by atoms with Crippen LogP contribution in [0.25, 0.3) is 17.1 Å². The molecule has 1 aromatic heterocycles. The van der Waals surface area contributed by atoms with Crippen LogP contribution in [-0.4, -0.2) is 14.8 Å². The van der Waals surface area contributed by atoms with Crippen LogP contribution < -0.4 is 4.74 Å². The number of fused-ring (bicyclic) bond motifs is 5. The maximum atomic E-state index is 13.3. The van der Waals surface area contributed by atoms with Gasteiger partial charge in [-0.25, -0.2) is 0 Å². The highest BCUT2D eigenvalue weighted by Gasteiger charge is 2.40. The van der Waals surface area contributed by atoms with Crippen molar-refractivity contribution in [2.75, 3.05) is 0 Å². The molecule has 0 atom stereocenters. The molecule has 1 aliphatic rings. The number of hydrogen-bond acceptors (Lipinski definition) is 3. The second-order valence-electron chi connectivity index (χ2n) is 4.89.